The summed E-state index contributed by atoms with van der Waals surface area (Å²) >= 11 is 0. The second-order valence-corrected chi connectivity index (χ2v) is 5.12. The Labute approximate surface area is 123 Å². The quantitative estimate of drug-likeness (QED) is 0.778. The molecule has 5 N–H and O–H groups in total. The Kier molecular flexibility index (Phi) is 3.19. The highest BCUT2D eigenvalue weighted by Gasteiger charge is 2.28. The SMILES string of the molecule is Cc1ccnc(C2(N)C=CC=C(c3ccnc(N)c3)N2)c1. The van der Waals surface area contributed by atoms with E-state index in [-0.39, 0.29) is 0 Å². The molecule has 0 aliphatic carbocycles. The number of nitrogens with one attached hydrogen (secondary N) is 1. The van der Waals surface area contributed by atoms with Crippen LogP contribution in [-0.4, -0.2) is 9.97 Å². The van der Waals surface area contributed by atoms with Crippen LogP contribution in [0.4, 0.5) is 5.82 Å². The zero-order valence-corrected chi connectivity index (χ0v) is 11.7. The first-order chi connectivity index (χ1) is 10.1. The van der Waals surface area contributed by atoms with Crippen molar-refractivity contribution < 1.29 is 0 Å². The Morgan fingerprint density at radius 1 is 1.14 bits per heavy atom. The van der Waals surface area contributed by atoms with Gasteiger partial charge in [-0.3, -0.25) is 4.98 Å². The molecule has 21 heavy (non-hydrogen) atoms. The third-order valence-corrected chi connectivity index (χ3v) is 3.39. The lowest BCUT2D eigenvalue weighted by Gasteiger charge is -2.32. The third-order valence-electron chi connectivity index (χ3n) is 3.39. The van der Waals surface area contributed by atoms with E-state index in [1.165, 1.54) is 0 Å². The molecule has 0 bridgehead atoms. The molecule has 0 radical (unpaired) electrons. The molecule has 1 aliphatic rings. The fourth-order valence-corrected chi connectivity index (χ4v) is 2.30. The van der Waals surface area contributed by atoms with Gasteiger partial charge in [0.25, 0.3) is 0 Å². The van der Waals surface area contributed by atoms with Gasteiger partial charge in [0.05, 0.1) is 5.69 Å². The maximum Gasteiger partial charge on any atom is 0.149 e. The van der Waals surface area contributed by atoms with Crippen molar-refractivity contribution in [2.45, 2.75) is 12.6 Å². The maximum absolute atomic E-state index is 6.47. The van der Waals surface area contributed by atoms with Gasteiger partial charge in [0, 0.05) is 23.7 Å². The van der Waals surface area contributed by atoms with Crippen LogP contribution in [0.5, 0.6) is 0 Å². The van der Waals surface area contributed by atoms with E-state index in [1.54, 1.807) is 12.4 Å². The van der Waals surface area contributed by atoms with Crippen molar-refractivity contribution in [2.24, 2.45) is 5.73 Å². The van der Waals surface area contributed by atoms with Gasteiger partial charge in [-0.25, -0.2) is 4.98 Å². The number of nitrogens with two attached hydrogens (primary N) is 2. The van der Waals surface area contributed by atoms with E-state index in [9.17, 15) is 0 Å². The summed E-state index contributed by atoms with van der Waals surface area (Å²) in [7, 11) is 0. The molecule has 2 aromatic rings. The van der Waals surface area contributed by atoms with Gasteiger partial charge >= 0.3 is 0 Å². The van der Waals surface area contributed by atoms with E-state index in [2.05, 4.69) is 15.3 Å². The average Bonchev–Trinajstić information content (AvgIpc) is 2.47. The minimum atomic E-state index is -0.839. The lowest BCUT2D eigenvalue weighted by atomic mass is 9.99. The minimum absolute atomic E-state index is 0.473. The van der Waals surface area contributed by atoms with Crippen molar-refractivity contribution in [1.29, 1.82) is 0 Å². The predicted molar refractivity (Wildman–Crippen MR) is 83.7 cm³/mol. The molecule has 0 fully saturated rings. The Bertz CT molecular complexity index is 735. The number of nitrogen functional groups attached to an aromatic ring is 1. The van der Waals surface area contributed by atoms with Crippen LogP contribution in [0.3, 0.4) is 0 Å². The fourth-order valence-electron chi connectivity index (χ4n) is 2.30. The molecule has 1 atom stereocenters. The molecule has 3 rings (SSSR count). The van der Waals surface area contributed by atoms with Gasteiger partial charge in [-0.1, -0.05) is 6.08 Å². The molecule has 2 aromatic heterocycles. The Morgan fingerprint density at radius 3 is 2.71 bits per heavy atom. The summed E-state index contributed by atoms with van der Waals surface area (Å²) in [5.74, 6) is 0.473. The van der Waals surface area contributed by atoms with Gasteiger partial charge in [-0.05, 0) is 48.9 Å². The first kappa shape index (κ1) is 13.3. The van der Waals surface area contributed by atoms with Crippen LogP contribution in [-0.2, 0) is 5.66 Å². The molecule has 0 aromatic carbocycles. The zero-order valence-electron chi connectivity index (χ0n) is 11.7. The monoisotopic (exact) mass is 279 g/mol. The van der Waals surface area contributed by atoms with Crippen LogP contribution in [0.1, 0.15) is 16.8 Å². The molecule has 5 heteroatoms. The van der Waals surface area contributed by atoms with Gasteiger partial charge < -0.3 is 16.8 Å². The number of hydrogen-bond donors (Lipinski definition) is 3. The molecule has 0 amide bonds. The number of anilines is 1. The summed E-state index contributed by atoms with van der Waals surface area (Å²) < 4.78 is 0. The standard InChI is InChI=1S/C16H17N5/c1-11-4-7-19-14(9-11)16(18)6-2-3-13(21-16)12-5-8-20-15(17)10-12/h2-10,21H,18H2,1H3,(H2,17,20). The number of aryl methyl sites for hydroxylation is 1. The lowest BCUT2D eigenvalue weighted by molar-refractivity contribution is 0.489. The fraction of sp³-hybridized carbons (Fsp3) is 0.125. The van der Waals surface area contributed by atoms with E-state index in [1.807, 2.05) is 49.4 Å². The molecule has 5 nitrogen and oxygen atoms in total. The van der Waals surface area contributed by atoms with E-state index in [0.717, 1.165) is 22.5 Å². The zero-order chi connectivity index (χ0) is 14.9. The van der Waals surface area contributed by atoms with Crippen molar-refractivity contribution in [1.82, 2.24) is 15.3 Å². The first-order valence-corrected chi connectivity index (χ1v) is 6.68. The first-order valence-electron chi connectivity index (χ1n) is 6.68. The molecule has 0 spiro atoms. The smallest absolute Gasteiger partial charge is 0.149 e. The van der Waals surface area contributed by atoms with Crippen molar-refractivity contribution in [3.8, 4) is 0 Å². The number of nitrogens with zero attached hydrogens (tertiary/aromatic N) is 2. The number of pyridine rings is 2. The highest BCUT2D eigenvalue weighted by atomic mass is 15.1. The van der Waals surface area contributed by atoms with Gasteiger partial charge in [-0.2, -0.15) is 0 Å². The lowest BCUT2D eigenvalue weighted by Crippen LogP contribution is -2.49. The molecule has 3 heterocycles. The van der Waals surface area contributed by atoms with Crippen molar-refractivity contribution >= 4 is 11.5 Å². The average molecular weight is 279 g/mol. The summed E-state index contributed by atoms with van der Waals surface area (Å²) in [6, 6.07) is 7.61. The molecule has 1 unspecified atom stereocenters. The Morgan fingerprint density at radius 2 is 1.95 bits per heavy atom. The van der Waals surface area contributed by atoms with E-state index < -0.39 is 5.66 Å². The van der Waals surface area contributed by atoms with Crippen LogP contribution in [0.2, 0.25) is 0 Å². The summed E-state index contributed by atoms with van der Waals surface area (Å²) in [6.45, 7) is 2.02. The maximum atomic E-state index is 6.47. The number of allylic oxidation sites excluding steroid dienone is 2. The van der Waals surface area contributed by atoms with Crippen molar-refractivity contribution in [2.75, 3.05) is 5.73 Å². The molecule has 0 saturated carbocycles. The normalized spacial score (nSPS) is 20.8. The summed E-state index contributed by atoms with van der Waals surface area (Å²) in [4.78, 5) is 8.38. The molecular weight excluding hydrogens is 262 g/mol. The summed E-state index contributed by atoms with van der Waals surface area (Å²) in [5.41, 5.74) is 15.1. The van der Waals surface area contributed by atoms with Crippen LogP contribution in [0.15, 0.2) is 54.9 Å². The third kappa shape index (κ3) is 2.64. The van der Waals surface area contributed by atoms with E-state index >= 15 is 0 Å². The topological polar surface area (TPSA) is 89.8 Å². The summed E-state index contributed by atoms with van der Waals surface area (Å²) in [6.07, 6.45) is 9.21. The highest BCUT2D eigenvalue weighted by molar-refractivity contribution is 5.69. The molecule has 1 aliphatic heterocycles. The number of aromatic nitrogens is 2. The summed E-state index contributed by atoms with van der Waals surface area (Å²) in [5, 5.41) is 3.32. The van der Waals surface area contributed by atoms with Crippen LogP contribution < -0.4 is 16.8 Å². The molecule has 0 saturated heterocycles. The Balaban J connectivity index is 1.95. The second-order valence-electron chi connectivity index (χ2n) is 5.12. The molecular formula is C16H17N5. The van der Waals surface area contributed by atoms with E-state index in [0.29, 0.717) is 5.82 Å². The van der Waals surface area contributed by atoms with Crippen LogP contribution >= 0.6 is 0 Å². The van der Waals surface area contributed by atoms with Gasteiger partial charge in [-0.15, -0.1) is 0 Å². The van der Waals surface area contributed by atoms with Gasteiger partial charge in [0.15, 0.2) is 0 Å². The van der Waals surface area contributed by atoms with Gasteiger partial charge in [0.1, 0.15) is 11.5 Å². The number of hydrogen-bond acceptors (Lipinski definition) is 5. The highest BCUT2D eigenvalue weighted by Crippen LogP contribution is 2.25. The van der Waals surface area contributed by atoms with Crippen LogP contribution in [0.25, 0.3) is 5.70 Å². The minimum Gasteiger partial charge on any atom is -0.384 e. The van der Waals surface area contributed by atoms with E-state index in [4.69, 9.17) is 11.5 Å². The number of dihydropyridines is 1. The Hall–Kier alpha value is -2.66. The largest absolute Gasteiger partial charge is 0.384 e. The number of rotatable bonds is 2. The van der Waals surface area contributed by atoms with Crippen LogP contribution in [0, 0.1) is 6.92 Å². The second kappa shape index (κ2) is 5.03. The van der Waals surface area contributed by atoms with Gasteiger partial charge in [0.2, 0.25) is 0 Å². The van der Waals surface area contributed by atoms with Crippen molar-refractivity contribution in [3.05, 3.63) is 71.7 Å². The predicted octanol–water partition coefficient (Wildman–Crippen LogP) is 1.68. The van der Waals surface area contributed by atoms with Crippen molar-refractivity contribution in [3.63, 3.8) is 0 Å². The molecule has 106 valence electrons.